The summed E-state index contributed by atoms with van der Waals surface area (Å²) in [6, 6.07) is 7.45. The van der Waals surface area contributed by atoms with Crippen LogP contribution in [-0.4, -0.2) is 22.3 Å². The van der Waals surface area contributed by atoms with Gasteiger partial charge < -0.3 is 15.8 Å². The second-order valence-electron chi connectivity index (χ2n) is 5.75. The van der Waals surface area contributed by atoms with Crippen molar-refractivity contribution in [1.29, 1.82) is 0 Å². The number of guanidine groups is 1. The molecule has 0 spiro atoms. The molecule has 134 valence electrons. The quantitative estimate of drug-likeness (QED) is 0.656. The lowest BCUT2D eigenvalue weighted by molar-refractivity contribution is -0.142. The normalized spacial score (nSPS) is 17.8. The summed E-state index contributed by atoms with van der Waals surface area (Å²) in [5.74, 6) is 0.851. The number of nitrogens with two attached hydrogens (primary N) is 1. The van der Waals surface area contributed by atoms with Crippen molar-refractivity contribution in [1.82, 2.24) is 15.1 Å². The van der Waals surface area contributed by atoms with Gasteiger partial charge in [-0.3, -0.25) is 4.68 Å². The molecular weight excluding hydrogens is 335 g/mol. The van der Waals surface area contributed by atoms with Crippen molar-refractivity contribution >= 4 is 5.96 Å². The van der Waals surface area contributed by atoms with Crippen LogP contribution in [0.25, 0.3) is 0 Å². The molecule has 25 heavy (non-hydrogen) atoms. The van der Waals surface area contributed by atoms with Gasteiger partial charge in [0.25, 0.3) is 0 Å². The van der Waals surface area contributed by atoms with Crippen molar-refractivity contribution in [2.24, 2.45) is 17.8 Å². The van der Waals surface area contributed by atoms with Crippen molar-refractivity contribution in [3.63, 3.8) is 0 Å². The topological polar surface area (TPSA) is 77.5 Å². The Morgan fingerprint density at radius 2 is 2.20 bits per heavy atom. The summed E-state index contributed by atoms with van der Waals surface area (Å²) in [6.07, 6.45) is -2.54. The van der Waals surface area contributed by atoms with Crippen molar-refractivity contribution in [2.75, 3.05) is 6.61 Å². The number of alkyl halides is 3. The SMILES string of the molecule is Cn1cc(CN=C(N)NC2CCOc3ccccc32)c(C(F)(F)F)n1. The summed E-state index contributed by atoms with van der Waals surface area (Å²) in [7, 11) is 1.43. The van der Waals surface area contributed by atoms with Crippen LogP contribution in [0.3, 0.4) is 0 Å². The molecule has 1 aliphatic heterocycles. The molecule has 6 nitrogen and oxygen atoms in total. The Labute approximate surface area is 142 Å². The van der Waals surface area contributed by atoms with Gasteiger partial charge in [-0.05, 0) is 6.07 Å². The monoisotopic (exact) mass is 353 g/mol. The van der Waals surface area contributed by atoms with Gasteiger partial charge in [0.1, 0.15) is 5.75 Å². The highest BCUT2D eigenvalue weighted by Gasteiger charge is 2.36. The highest BCUT2D eigenvalue weighted by Crippen LogP contribution is 2.32. The van der Waals surface area contributed by atoms with Crippen molar-refractivity contribution in [2.45, 2.75) is 25.2 Å². The second-order valence-corrected chi connectivity index (χ2v) is 5.75. The van der Waals surface area contributed by atoms with E-state index in [1.807, 2.05) is 24.3 Å². The van der Waals surface area contributed by atoms with E-state index in [2.05, 4.69) is 15.4 Å². The Hall–Kier alpha value is -2.71. The molecule has 0 saturated carbocycles. The van der Waals surface area contributed by atoms with Crippen molar-refractivity contribution in [3.8, 4) is 5.75 Å². The van der Waals surface area contributed by atoms with Crippen molar-refractivity contribution < 1.29 is 17.9 Å². The van der Waals surface area contributed by atoms with Gasteiger partial charge in [0.05, 0.1) is 19.2 Å². The summed E-state index contributed by atoms with van der Waals surface area (Å²) in [6.45, 7) is 0.329. The van der Waals surface area contributed by atoms with Crippen LogP contribution in [-0.2, 0) is 19.8 Å². The molecule has 0 amide bonds. The summed E-state index contributed by atoms with van der Waals surface area (Å²) in [5.41, 5.74) is 5.85. The van der Waals surface area contributed by atoms with Crippen LogP contribution in [0.15, 0.2) is 35.5 Å². The predicted molar refractivity (Wildman–Crippen MR) is 86.0 cm³/mol. The highest BCUT2D eigenvalue weighted by molar-refractivity contribution is 5.78. The zero-order valence-corrected chi connectivity index (χ0v) is 13.5. The number of benzene rings is 1. The smallest absolute Gasteiger partial charge is 0.435 e. The van der Waals surface area contributed by atoms with E-state index < -0.39 is 11.9 Å². The number of rotatable bonds is 3. The standard InChI is InChI=1S/C16H18F3N5O/c1-24-9-10(14(23-24)16(17,18)19)8-21-15(20)22-12-6-7-25-13-5-3-2-4-11(12)13/h2-5,9,12H,6-8H2,1H3,(H3,20,21,22). The molecule has 2 aromatic rings. The molecular formula is C16H18F3N5O. The van der Waals surface area contributed by atoms with Gasteiger partial charge in [-0.25, -0.2) is 4.99 Å². The van der Waals surface area contributed by atoms with Crippen LogP contribution in [0.4, 0.5) is 13.2 Å². The molecule has 3 rings (SSSR count). The number of nitrogens with zero attached hydrogens (tertiary/aromatic N) is 3. The zero-order valence-electron chi connectivity index (χ0n) is 13.5. The first-order valence-corrected chi connectivity index (χ1v) is 7.72. The van der Waals surface area contributed by atoms with E-state index in [0.29, 0.717) is 13.0 Å². The number of ether oxygens (including phenoxy) is 1. The number of hydrogen-bond donors (Lipinski definition) is 2. The van der Waals surface area contributed by atoms with E-state index >= 15 is 0 Å². The Morgan fingerprint density at radius 3 is 2.96 bits per heavy atom. The Balaban J connectivity index is 1.72. The van der Waals surface area contributed by atoms with Crippen LogP contribution in [0.5, 0.6) is 5.75 Å². The van der Waals surface area contributed by atoms with Crippen LogP contribution < -0.4 is 15.8 Å². The molecule has 1 aromatic heterocycles. The molecule has 1 unspecified atom stereocenters. The molecule has 0 fully saturated rings. The van der Waals surface area contributed by atoms with Gasteiger partial charge in [-0.15, -0.1) is 0 Å². The molecule has 0 saturated heterocycles. The molecule has 0 radical (unpaired) electrons. The Bertz CT molecular complexity index is 784. The lowest BCUT2D eigenvalue weighted by Gasteiger charge is -2.26. The minimum absolute atomic E-state index is 0.0212. The summed E-state index contributed by atoms with van der Waals surface area (Å²) in [4.78, 5) is 4.04. The van der Waals surface area contributed by atoms with E-state index in [-0.39, 0.29) is 24.1 Å². The lowest BCUT2D eigenvalue weighted by atomic mass is 10.0. The van der Waals surface area contributed by atoms with E-state index in [4.69, 9.17) is 10.5 Å². The predicted octanol–water partition coefficient (Wildman–Crippen LogP) is 2.37. The zero-order chi connectivity index (χ0) is 18.0. The minimum Gasteiger partial charge on any atom is -0.493 e. The van der Waals surface area contributed by atoms with Crippen LogP contribution in [0.1, 0.15) is 29.3 Å². The highest BCUT2D eigenvalue weighted by atomic mass is 19.4. The Kier molecular flexibility index (Phi) is 4.56. The van der Waals surface area contributed by atoms with Gasteiger partial charge in [0.2, 0.25) is 0 Å². The molecule has 9 heteroatoms. The third-order valence-corrected chi connectivity index (χ3v) is 3.87. The Morgan fingerprint density at radius 1 is 1.44 bits per heavy atom. The van der Waals surface area contributed by atoms with E-state index in [9.17, 15) is 13.2 Å². The van der Waals surface area contributed by atoms with Gasteiger partial charge in [0.15, 0.2) is 11.7 Å². The minimum atomic E-state index is -4.52. The number of fused-ring (bicyclic) bond motifs is 1. The van der Waals surface area contributed by atoms with E-state index in [1.54, 1.807) is 0 Å². The lowest BCUT2D eigenvalue weighted by Crippen LogP contribution is -2.37. The fraction of sp³-hybridized carbons (Fsp3) is 0.375. The van der Waals surface area contributed by atoms with E-state index in [1.165, 1.54) is 13.2 Å². The first kappa shape index (κ1) is 17.1. The maximum Gasteiger partial charge on any atom is 0.435 e. The third-order valence-electron chi connectivity index (χ3n) is 3.87. The molecule has 1 atom stereocenters. The maximum atomic E-state index is 12.9. The first-order valence-electron chi connectivity index (χ1n) is 7.72. The second kappa shape index (κ2) is 6.66. The summed E-state index contributed by atoms with van der Waals surface area (Å²) in [5, 5.41) is 6.50. The largest absolute Gasteiger partial charge is 0.493 e. The first-order chi connectivity index (χ1) is 11.8. The molecule has 1 aromatic carbocycles. The number of aromatic nitrogens is 2. The average Bonchev–Trinajstić information content (AvgIpc) is 2.95. The number of halogens is 3. The molecule has 3 N–H and O–H groups in total. The number of aliphatic imine (C=N–C) groups is 1. The van der Waals surface area contributed by atoms with E-state index in [0.717, 1.165) is 16.0 Å². The fourth-order valence-electron chi connectivity index (χ4n) is 2.78. The number of nitrogens with one attached hydrogen (secondary N) is 1. The number of hydrogen-bond acceptors (Lipinski definition) is 3. The molecule has 2 heterocycles. The van der Waals surface area contributed by atoms with Gasteiger partial charge in [-0.2, -0.15) is 18.3 Å². The van der Waals surface area contributed by atoms with Crippen LogP contribution in [0.2, 0.25) is 0 Å². The van der Waals surface area contributed by atoms with Gasteiger partial charge in [-0.1, -0.05) is 18.2 Å². The molecule has 0 aliphatic carbocycles. The van der Waals surface area contributed by atoms with Gasteiger partial charge >= 0.3 is 6.18 Å². The molecule has 0 bridgehead atoms. The summed E-state index contributed by atoms with van der Waals surface area (Å²) >= 11 is 0. The van der Waals surface area contributed by atoms with Crippen molar-refractivity contribution in [3.05, 3.63) is 47.3 Å². The van der Waals surface area contributed by atoms with Crippen LogP contribution >= 0.6 is 0 Å². The fourth-order valence-corrected chi connectivity index (χ4v) is 2.78. The average molecular weight is 353 g/mol. The maximum absolute atomic E-state index is 12.9. The van der Waals surface area contributed by atoms with Gasteiger partial charge in [0, 0.05) is 30.8 Å². The number of aryl methyl sites for hydroxylation is 1. The summed E-state index contributed by atoms with van der Waals surface area (Å²) < 4.78 is 45.5. The third kappa shape index (κ3) is 3.86. The van der Waals surface area contributed by atoms with Crippen LogP contribution in [0, 0.1) is 0 Å². The number of para-hydroxylation sites is 1. The molecule has 1 aliphatic rings.